The predicted octanol–water partition coefficient (Wildman–Crippen LogP) is 6.94. The molecule has 3 heterocycles. The number of anilines is 1. The number of hydrogen-bond donors (Lipinski definition) is 1. The summed E-state index contributed by atoms with van der Waals surface area (Å²) >= 11 is -0.968. The molecule has 11 heteroatoms. The van der Waals surface area contributed by atoms with Gasteiger partial charge in [0.25, 0.3) is 0 Å². The summed E-state index contributed by atoms with van der Waals surface area (Å²) in [5.41, 5.74) is 12.2. The van der Waals surface area contributed by atoms with Gasteiger partial charge in [-0.1, -0.05) is 18.2 Å². The van der Waals surface area contributed by atoms with Gasteiger partial charge in [-0.3, -0.25) is 0 Å². The number of nitriles is 1. The van der Waals surface area contributed by atoms with E-state index >= 15 is 4.39 Å². The number of rotatable bonds is 8. The van der Waals surface area contributed by atoms with Crippen LogP contribution in [0.2, 0.25) is 16.6 Å². The molecule has 6 rings (SSSR count). The SMILES string of the molecule is C[As](C)CC1(/C=C(\C#N)C(=O)N2CCC[C@H](n3nc(-c4ccc(Oc5ccccc5)cc4F)c4c(N)ncnc43)C2)CCCC1. The zero-order valence-corrected chi connectivity index (χ0v) is 27.5. The molecule has 1 aliphatic heterocycles. The van der Waals surface area contributed by atoms with Crippen LogP contribution in [0.25, 0.3) is 22.3 Å². The van der Waals surface area contributed by atoms with Crippen LogP contribution in [0.15, 0.2) is 66.5 Å². The van der Waals surface area contributed by atoms with E-state index in [0.29, 0.717) is 41.3 Å². The minimum absolute atomic E-state index is 0.0350. The molecule has 0 bridgehead atoms. The van der Waals surface area contributed by atoms with Gasteiger partial charge in [-0.25, -0.2) is 9.37 Å². The number of halogens is 1. The van der Waals surface area contributed by atoms with Crippen LogP contribution in [0, 0.1) is 22.6 Å². The molecule has 1 amide bonds. The van der Waals surface area contributed by atoms with Gasteiger partial charge in [0.05, 0.1) is 0 Å². The monoisotopic (exact) mass is 669 g/mol. The number of benzene rings is 2. The molecule has 0 spiro atoms. The molecule has 2 fully saturated rings. The number of likely N-dealkylation sites (tertiary alicyclic amines) is 1. The third-order valence-electron chi connectivity index (χ3n) is 8.75. The van der Waals surface area contributed by atoms with Crippen LogP contribution in [0.3, 0.4) is 0 Å². The second-order valence-electron chi connectivity index (χ2n) is 12.3. The number of nitrogen functional groups attached to an aromatic ring is 1. The van der Waals surface area contributed by atoms with E-state index in [2.05, 4.69) is 27.5 Å². The summed E-state index contributed by atoms with van der Waals surface area (Å²) in [6, 6.07) is 15.8. The number of aromatic nitrogens is 4. The molecule has 45 heavy (non-hydrogen) atoms. The molecular weight excluding hydrogens is 632 g/mol. The first kappa shape index (κ1) is 30.8. The van der Waals surface area contributed by atoms with E-state index in [1.165, 1.54) is 12.4 Å². The minimum atomic E-state index is -0.968. The Morgan fingerprint density at radius 3 is 2.64 bits per heavy atom. The number of nitrogens with zero attached hydrogens (tertiary/aromatic N) is 6. The Morgan fingerprint density at radius 1 is 1.16 bits per heavy atom. The van der Waals surface area contributed by atoms with E-state index < -0.39 is 20.5 Å². The number of fused-ring (bicyclic) bond motifs is 1. The van der Waals surface area contributed by atoms with Crippen LogP contribution in [0.4, 0.5) is 10.2 Å². The van der Waals surface area contributed by atoms with Gasteiger partial charge in [0.2, 0.25) is 0 Å². The Balaban J connectivity index is 1.30. The summed E-state index contributed by atoms with van der Waals surface area (Å²) in [6.07, 6.45) is 9.21. The molecule has 1 saturated carbocycles. The molecule has 1 atom stereocenters. The summed E-state index contributed by atoms with van der Waals surface area (Å²) in [6.45, 7) is 0.915. The number of para-hydroxylation sites is 1. The molecule has 2 aromatic carbocycles. The molecule has 0 unspecified atom stereocenters. The molecule has 0 radical (unpaired) electrons. The number of nitrogens with two attached hydrogens (primary N) is 1. The number of carbonyl (C=O) groups excluding carboxylic acids is 1. The molecule has 1 saturated heterocycles. The molecule has 9 nitrogen and oxygen atoms in total. The maximum atomic E-state index is 15.6. The van der Waals surface area contributed by atoms with Crippen LogP contribution in [-0.4, -0.2) is 58.3 Å². The van der Waals surface area contributed by atoms with E-state index in [9.17, 15) is 10.1 Å². The van der Waals surface area contributed by atoms with Crippen molar-refractivity contribution in [1.82, 2.24) is 24.6 Å². The first-order chi connectivity index (χ1) is 21.8. The van der Waals surface area contributed by atoms with Crippen LogP contribution in [0.5, 0.6) is 11.5 Å². The summed E-state index contributed by atoms with van der Waals surface area (Å²) in [7, 11) is 0. The fourth-order valence-electron chi connectivity index (χ4n) is 6.83. The van der Waals surface area contributed by atoms with Crippen molar-refractivity contribution in [1.29, 1.82) is 5.26 Å². The number of amides is 1. The molecular formula is C34H37AsFN7O2. The number of ether oxygens (including phenoxy) is 1. The summed E-state index contributed by atoms with van der Waals surface area (Å²) < 4.78 is 23.2. The van der Waals surface area contributed by atoms with Gasteiger partial charge in [-0.2, -0.15) is 0 Å². The third-order valence-corrected chi connectivity index (χ3v) is 11.4. The normalized spacial score (nSPS) is 18.3. The van der Waals surface area contributed by atoms with Crippen molar-refractivity contribution in [2.75, 3.05) is 18.8 Å². The number of hydrogen-bond acceptors (Lipinski definition) is 7. The van der Waals surface area contributed by atoms with E-state index in [4.69, 9.17) is 15.6 Å². The zero-order valence-electron chi connectivity index (χ0n) is 25.6. The number of allylic oxidation sites excluding steroid dienone is 1. The van der Waals surface area contributed by atoms with Gasteiger partial charge < -0.3 is 10.5 Å². The Bertz CT molecular complexity index is 1780. The Kier molecular flexibility index (Phi) is 8.91. The van der Waals surface area contributed by atoms with Crippen molar-refractivity contribution >= 4 is 37.4 Å². The van der Waals surface area contributed by atoms with Gasteiger partial charge in [0, 0.05) is 6.07 Å². The van der Waals surface area contributed by atoms with Crippen molar-refractivity contribution in [3.8, 4) is 28.8 Å². The van der Waals surface area contributed by atoms with Crippen LogP contribution < -0.4 is 10.5 Å². The summed E-state index contributed by atoms with van der Waals surface area (Å²) in [4.78, 5) is 24.2. The zero-order chi connectivity index (χ0) is 31.6. The topological polar surface area (TPSA) is 123 Å². The molecule has 2 N–H and O–H groups in total. The van der Waals surface area contributed by atoms with E-state index in [0.717, 1.165) is 43.7 Å². The van der Waals surface area contributed by atoms with E-state index in [-0.39, 0.29) is 34.3 Å². The van der Waals surface area contributed by atoms with Gasteiger partial charge >= 0.3 is 182 Å². The molecule has 232 valence electrons. The molecule has 2 aliphatic rings. The summed E-state index contributed by atoms with van der Waals surface area (Å²) in [5.74, 6) is 0.398. The average molecular weight is 670 g/mol. The third kappa shape index (κ3) is 6.46. The summed E-state index contributed by atoms with van der Waals surface area (Å²) in [5, 5.41) is 16.5. The van der Waals surface area contributed by atoms with Crippen molar-refractivity contribution in [3.05, 3.63) is 72.3 Å². The number of carbonyl (C=O) groups is 1. The maximum absolute atomic E-state index is 15.6. The fraction of sp³-hybridized carbons (Fsp3) is 0.382. The standard InChI is InChI=1S/C34H37AsFN7O2/c1-35(2)21-34(14-6-7-15-34)18-23(19-37)33(44)42-16-8-9-24(20-42)43-32-29(31(38)39-22-40-32)30(41-43)27-13-12-26(17-28(27)36)45-25-10-4-3-5-11-25/h3-5,10-13,17-18,22,24H,6-9,14-16,20-21H2,1-2H3,(H2,38,39,40)/b23-18+/t24-/m0/s1. The first-order valence-corrected chi connectivity index (χ1v) is 20.4. The van der Waals surface area contributed by atoms with Crippen LogP contribution in [-0.2, 0) is 4.79 Å². The quantitative estimate of drug-likeness (QED) is 0.123. The average Bonchev–Trinajstić information content (AvgIpc) is 3.65. The van der Waals surface area contributed by atoms with Gasteiger partial charge in [-0.05, 0) is 24.3 Å². The van der Waals surface area contributed by atoms with Gasteiger partial charge in [-0.15, -0.1) is 0 Å². The first-order valence-electron chi connectivity index (χ1n) is 15.4. The number of piperidine rings is 1. The van der Waals surface area contributed by atoms with Crippen molar-refractivity contribution in [3.63, 3.8) is 0 Å². The van der Waals surface area contributed by atoms with Gasteiger partial charge in [0.1, 0.15) is 17.3 Å². The van der Waals surface area contributed by atoms with Crippen molar-refractivity contribution in [2.45, 2.75) is 61.2 Å². The fourth-order valence-corrected chi connectivity index (χ4v) is 10.3. The van der Waals surface area contributed by atoms with Crippen molar-refractivity contribution < 1.29 is 13.9 Å². The van der Waals surface area contributed by atoms with Crippen LogP contribution >= 0.6 is 0 Å². The van der Waals surface area contributed by atoms with Crippen molar-refractivity contribution in [2.24, 2.45) is 5.41 Å². The van der Waals surface area contributed by atoms with E-state index in [1.807, 2.05) is 24.3 Å². The Hall–Kier alpha value is -4.22. The van der Waals surface area contributed by atoms with Crippen LogP contribution in [0.1, 0.15) is 44.6 Å². The second kappa shape index (κ2) is 13.0. The Labute approximate surface area is 267 Å². The molecule has 2 aromatic heterocycles. The predicted molar refractivity (Wildman–Crippen MR) is 173 cm³/mol. The Morgan fingerprint density at radius 2 is 1.93 bits per heavy atom. The van der Waals surface area contributed by atoms with E-state index in [1.54, 1.807) is 33.8 Å². The second-order valence-corrected chi connectivity index (χ2v) is 17.5. The van der Waals surface area contributed by atoms with Gasteiger partial charge in [0.15, 0.2) is 0 Å². The molecule has 4 aromatic rings. The molecule has 1 aliphatic carbocycles.